The molecule has 0 atom stereocenters. The molecule has 0 saturated carbocycles. The van der Waals surface area contributed by atoms with E-state index in [2.05, 4.69) is 10.2 Å². The maximum absolute atomic E-state index is 11.5. The monoisotopic (exact) mass is 305 g/mol. The number of benzene rings is 1. The fraction of sp³-hybridized carbons (Fsp3) is 0.462. The van der Waals surface area contributed by atoms with E-state index in [1.807, 2.05) is 14.1 Å². The maximum Gasteiger partial charge on any atom is 0.257 e. The van der Waals surface area contributed by atoms with Gasteiger partial charge in [0.1, 0.15) is 5.75 Å². The average molecular weight is 306 g/mol. The summed E-state index contributed by atoms with van der Waals surface area (Å²) in [6, 6.07) is 6.93. The van der Waals surface area contributed by atoms with Gasteiger partial charge in [0.15, 0.2) is 6.61 Å². The van der Waals surface area contributed by atoms with Gasteiger partial charge >= 0.3 is 0 Å². The minimum absolute atomic E-state index is 0. The van der Waals surface area contributed by atoms with E-state index in [-0.39, 0.29) is 24.9 Å². The number of nitrogens with zero attached hydrogens (tertiary/aromatic N) is 1. The molecule has 1 rings (SSSR count). The van der Waals surface area contributed by atoms with Crippen molar-refractivity contribution in [2.24, 2.45) is 0 Å². The molecule has 0 aliphatic carbocycles. The first-order valence-electron chi connectivity index (χ1n) is 5.88. The Kier molecular flexibility index (Phi) is 9.39. The second kappa shape index (κ2) is 9.89. The van der Waals surface area contributed by atoms with Crippen LogP contribution in [-0.4, -0.2) is 44.6 Å². The fourth-order valence-electron chi connectivity index (χ4n) is 1.35. The number of carbonyl (C=O) groups is 1. The molecule has 0 heterocycles. The van der Waals surface area contributed by atoms with Crippen LogP contribution in [0.2, 0.25) is 5.02 Å². The predicted molar refractivity (Wildman–Crippen MR) is 73.1 cm³/mol. The first-order valence-corrected chi connectivity index (χ1v) is 6.25. The van der Waals surface area contributed by atoms with Crippen LogP contribution in [0.3, 0.4) is 0 Å². The Hall–Kier alpha value is -0.970. The summed E-state index contributed by atoms with van der Waals surface area (Å²) in [7, 11) is 4.01. The lowest BCUT2D eigenvalue weighted by Gasteiger charge is -2.10. The third-order valence-corrected chi connectivity index (χ3v) is 2.54. The first kappa shape index (κ1) is 18.0. The Morgan fingerprint density at radius 3 is 2.53 bits per heavy atom. The average Bonchev–Trinajstić information content (AvgIpc) is 2.34. The molecule has 0 saturated heterocycles. The van der Waals surface area contributed by atoms with Crippen molar-refractivity contribution in [1.82, 2.24) is 10.2 Å². The van der Waals surface area contributed by atoms with Crippen molar-refractivity contribution < 1.29 is 21.9 Å². The summed E-state index contributed by atoms with van der Waals surface area (Å²) >= 11 is 5.75. The van der Waals surface area contributed by atoms with E-state index in [1.54, 1.807) is 24.3 Å². The summed E-state index contributed by atoms with van der Waals surface area (Å²) in [4.78, 5) is 13.5. The third kappa shape index (κ3) is 8.70. The number of hydrogen-bond donors (Lipinski definition) is 1. The molecule has 1 amide bonds. The summed E-state index contributed by atoms with van der Waals surface area (Å²) in [5.41, 5.74) is 0. The molecular formula is C13H19Cl2N2O2-. The van der Waals surface area contributed by atoms with Gasteiger partial charge < -0.3 is 27.4 Å². The molecule has 0 aliphatic heterocycles. The van der Waals surface area contributed by atoms with Crippen molar-refractivity contribution in [3.8, 4) is 5.75 Å². The highest BCUT2D eigenvalue weighted by Crippen LogP contribution is 2.15. The van der Waals surface area contributed by atoms with Gasteiger partial charge in [-0.2, -0.15) is 0 Å². The van der Waals surface area contributed by atoms with Crippen LogP contribution in [-0.2, 0) is 4.79 Å². The minimum atomic E-state index is -0.108. The molecule has 4 nitrogen and oxygen atoms in total. The van der Waals surface area contributed by atoms with Gasteiger partial charge in [0.25, 0.3) is 5.91 Å². The van der Waals surface area contributed by atoms with Crippen molar-refractivity contribution in [3.05, 3.63) is 29.3 Å². The van der Waals surface area contributed by atoms with Crippen LogP contribution in [0.15, 0.2) is 24.3 Å². The number of nitrogens with one attached hydrogen (secondary N) is 1. The first-order chi connectivity index (χ1) is 8.58. The highest BCUT2D eigenvalue weighted by molar-refractivity contribution is 6.30. The Balaban J connectivity index is 0.00000324. The zero-order chi connectivity index (χ0) is 13.4. The molecule has 6 heteroatoms. The smallest absolute Gasteiger partial charge is 0.257 e. The van der Waals surface area contributed by atoms with Gasteiger partial charge in [0.05, 0.1) is 0 Å². The second-order valence-electron chi connectivity index (χ2n) is 4.25. The molecule has 0 spiro atoms. The molecule has 19 heavy (non-hydrogen) atoms. The topological polar surface area (TPSA) is 41.6 Å². The van der Waals surface area contributed by atoms with Crippen LogP contribution in [0.5, 0.6) is 5.75 Å². The molecule has 1 aromatic rings. The zero-order valence-corrected chi connectivity index (χ0v) is 12.7. The second-order valence-corrected chi connectivity index (χ2v) is 4.69. The maximum atomic E-state index is 11.5. The molecule has 0 bridgehead atoms. The predicted octanol–water partition coefficient (Wildman–Crippen LogP) is -1.21. The van der Waals surface area contributed by atoms with Crippen LogP contribution >= 0.6 is 11.6 Å². The van der Waals surface area contributed by atoms with Crippen LogP contribution in [0.1, 0.15) is 6.42 Å². The van der Waals surface area contributed by atoms with Gasteiger partial charge in [-0.05, 0) is 51.3 Å². The van der Waals surface area contributed by atoms with Crippen LogP contribution in [0, 0.1) is 0 Å². The highest BCUT2D eigenvalue weighted by Gasteiger charge is 2.02. The SMILES string of the molecule is CN(C)CCCNC(=O)COc1ccc(Cl)cc1.[Cl-]. The summed E-state index contributed by atoms with van der Waals surface area (Å²) in [6.45, 7) is 1.66. The van der Waals surface area contributed by atoms with Crippen molar-refractivity contribution >= 4 is 17.5 Å². The van der Waals surface area contributed by atoms with Crippen LogP contribution in [0.4, 0.5) is 0 Å². The van der Waals surface area contributed by atoms with Crippen LogP contribution < -0.4 is 22.5 Å². The Morgan fingerprint density at radius 1 is 1.32 bits per heavy atom. The quantitative estimate of drug-likeness (QED) is 0.643. The van der Waals surface area contributed by atoms with E-state index in [4.69, 9.17) is 16.3 Å². The standard InChI is InChI=1S/C13H19ClN2O2.ClH/c1-16(2)9-3-8-15-13(17)10-18-12-6-4-11(14)5-7-12;/h4-7H,3,8-10H2,1-2H3,(H,15,17);1H/p-1. The zero-order valence-electron chi connectivity index (χ0n) is 11.2. The molecule has 0 unspecified atom stereocenters. The van der Waals surface area contributed by atoms with Gasteiger partial charge in [-0.3, -0.25) is 4.79 Å². The van der Waals surface area contributed by atoms with Crippen LogP contribution in [0.25, 0.3) is 0 Å². The van der Waals surface area contributed by atoms with Gasteiger partial charge in [0, 0.05) is 11.6 Å². The molecule has 0 aromatic heterocycles. The van der Waals surface area contributed by atoms with E-state index < -0.39 is 0 Å². The third-order valence-electron chi connectivity index (χ3n) is 2.29. The lowest BCUT2D eigenvalue weighted by atomic mass is 10.3. The Morgan fingerprint density at radius 2 is 1.95 bits per heavy atom. The number of halogens is 2. The highest BCUT2D eigenvalue weighted by atomic mass is 35.5. The normalized spacial score (nSPS) is 9.89. The minimum Gasteiger partial charge on any atom is -1.00 e. The van der Waals surface area contributed by atoms with Gasteiger partial charge in [-0.1, -0.05) is 11.6 Å². The fourth-order valence-corrected chi connectivity index (χ4v) is 1.48. The van der Waals surface area contributed by atoms with E-state index >= 15 is 0 Å². The van der Waals surface area contributed by atoms with Gasteiger partial charge in [-0.25, -0.2) is 0 Å². The number of rotatable bonds is 7. The number of hydrogen-bond acceptors (Lipinski definition) is 3. The van der Waals surface area contributed by atoms with E-state index in [1.165, 1.54) is 0 Å². The van der Waals surface area contributed by atoms with Gasteiger partial charge in [-0.15, -0.1) is 0 Å². The summed E-state index contributed by atoms with van der Waals surface area (Å²) < 4.78 is 5.32. The molecular weight excluding hydrogens is 287 g/mol. The molecule has 0 radical (unpaired) electrons. The van der Waals surface area contributed by atoms with Crippen molar-refractivity contribution in [2.75, 3.05) is 33.8 Å². The summed E-state index contributed by atoms with van der Waals surface area (Å²) in [5.74, 6) is 0.534. The van der Waals surface area contributed by atoms with E-state index in [9.17, 15) is 4.79 Å². The van der Waals surface area contributed by atoms with Gasteiger partial charge in [0.2, 0.25) is 0 Å². The molecule has 0 aliphatic rings. The largest absolute Gasteiger partial charge is 1.00 e. The van der Waals surface area contributed by atoms with Crippen molar-refractivity contribution in [3.63, 3.8) is 0 Å². The van der Waals surface area contributed by atoms with E-state index in [0.717, 1.165) is 13.0 Å². The number of ether oxygens (including phenoxy) is 1. The molecule has 1 N–H and O–H groups in total. The lowest BCUT2D eigenvalue weighted by molar-refractivity contribution is -0.123. The molecule has 1 aromatic carbocycles. The Bertz CT molecular complexity index is 369. The molecule has 0 fully saturated rings. The number of carbonyl (C=O) groups excluding carboxylic acids is 1. The Labute approximate surface area is 125 Å². The van der Waals surface area contributed by atoms with E-state index in [0.29, 0.717) is 17.3 Å². The summed E-state index contributed by atoms with van der Waals surface area (Å²) in [5, 5.41) is 3.45. The van der Waals surface area contributed by atoms with Crippen molar-refractivity contribution in [2.45, 2.75) is 6.42 Å². The lowest BCUT2D eigenvalue weighted by Crippen LogP contribution is -3.00. The van der Waals surface area contributed by atoms with Crippen molar-refractivity contribution in [1.29, 1.82) is 0 Å². The summed E-state index contributed by atoms with van der Waals surface area (Å²) in [6.07, 6.45) is 0.930. The number of amides is 1. The molecule has 108 valence electrons.